The average molecular weight is 299 g/mol. The van der Waals surface area contributed by atoms with Crippen molar-refractivity contribution >= 4 is 12.3 Å². The van der Waals surface area contributed by atoms with Crippen molar-refractivity contribution in [2.75, 3.05) is 0 Å². The number of aromatic carboxylic acids is 1. The van der Waals surface area contributed by atoms with Crippen LogP contribution in [0.1, 0.15) is 32.5 Å². The van der Waals surface area contributed by atoms with E-state index in [1.165, 1.54) is 6.07 Å². The molecular weight excluding hydrogens is 286 g/mol. The maximum atomic E-state index is 11.2. The second-order valence-corrected chi connectivity index (χ2v) is 4.76. The first-order valence-corrected chi connectivity index (χ1v) is 6.58. The molecule has 3 heterocycles. The summed E-state index contributed by atoms with van der Waals surface area (Å²) in [7, 11) is 0. The summed E-state index contributed by atoms with van der Waals surface area (Å²) in [5.74, 6) is -0.762. The number of rotatable bonds is 6. The van der Waals surface area contributed by atoms with Crippen LogP contribution in [0.15, 0.2) is 47.4 Å². The molecule has 0 aliphatic heterocycles. The van der Waals surface area contributed by atoms with Gasteiger partial charge in [-0.05, 0) is 24.3 Å². The molecule has 22 heavy (non-hydrogen) atoms. The first-order valence-electron chi connectivity index (χ1n) is 6.58. The topological polar surface area (TPSA) is 90.3 Å². The highest BCUT2D eigenvalue weighted by molar-refractivity contribution is 5.84. The number of nitrogens with zero attached hydrogens (tertiary/aromatic N) is 3. The van der Waals surface area contributed by atoms with E-state index in [0.29, 0.717) is 24.5 Å². The zero-order valence-electron chi connectivity index (χ0n) is 11.5. The average Bonchev–Trinajstić information content (AvgIpc) is 3.22. The molecule has 0 saturated carbocycles. The zero-order chi connectivity index (χ0) is 15.5. The summed E-state index contributed by atoms with van der Waals surface area (Å²) in [5, 5.41) is 8.88. The molecule has 3 rings (SSSR count). The molecule has 7 nitrogen and oxygen atoms in total. The van der Waals surface area contributed by atoms with E-state index < -0.39 is 5.97 Å². The molecular formula is C15H13N3O4. The lowest BCUT2D eigenvalue weighted by molar-refractivity contribution is 0.0660. The summed E-state index contributed by atoms with van der Waals surface area (Å²) in [5.41, 5.74) is 1.40. The van der Waals surface area contributed by atoms with Crippen LogP contribution in [-0.2, 0) is 13.1 Å². The van der Waals surface area contributed by atoms with Gasteiger partial charge >= 0.3 is 5.97 Å². The lowest BCUT2D eigenvalue weighted by Crippen LogP contribution is -2.10. The molecule has 0 atom stereocenters. The Balaban J connectivity index is 1.89. The number of carbonyl (C=O) groups excluding carboxylic acids is 1. The third-order valence-corrected chi connectivity index (χ3v) is 3.32. The van der Waals surface area contributed by atoms with Crippen molar-refractivity contribution in [3.8, 4) is 0 Å². The van der Waals surface area contributed by atoms with Gasteiger partial charge in [-0.25, -0.2) is 9.78 Å². The second-order valence-electron chi connectivity index (χ2n) is 4.76. The Morgan fingerprint density at radius 1 is 1.27 bits per heavy atom. The molecule has 0 unspecified atom stereocenters. The fraction of sp³-hybridized carbons (Fsp3) is 0.133. The van der Waals surface area contributed by atoms with E-state index in [9.17, 15) is 9.59 Å². The van der Waals surface area contributed by atoms with Gasteiger partial charge in [-0.15, -0.1) is 0 Å². The third kappa shape index (κ3) is 2.69. The molecule has 7 heteroatoms. The van der Waals surface area contributed by atoms with Crippen molar-refractivity contribution < 1.29 is 19.1 Å². The molecule has 3 aromatic rings. The summed E-state index contributed by atoms with van der Waals surface area (Å²) in [4.78, 5) is 26.0. The number of hydrogen-bond acceptors (Lipinski definition) is 4. The number of carboxylic acids is 1. The lowest BCUT2D eigenvalue weighted by atomic mass is 10.3. The Bertz CT molecular complexity index is 799. The van der Waals surface area contributed by atoms with E-state index >= 15 is 0 Å². The van der Waals surface area contributed by atoms with E-state index in [1.807, 2.05) is 16.8 Å². The van der Waals surface area contributed by atoms with Crippen LogP contribution in [0, 0.1) is 0 Å². The van der Waals surface area contributed by atoms with E-state index in [1.54, 1.807) is 29.2 Å². The highest BCUT2D eigenvalue weighted by Gasteiger charge is 2.13. The predicted octanol–water partition coefficient (Wildman–Crippen LogP) is 1.88. The Labute approximate surface area is 125 Å². The van der Waals surface area contributed by atoms with Crippen molar-refractivity contribution in [2.45, 2.75) is 13.1 Å². The quantitative estimate of drug-likeness (QED) is 0.702. The van der Waals surface area contributed by atoms with Crippen molar-refractivity contribution in [1.29, 1.82) is 0 Å². The highest BCUT2D eigenvalue weighted by atomic mass is 16.4. The summed E-state index contributed by atoms with van der Waals surface area (Å²) in [6.45, 7) is 0.846. The molecule has 1 N–H and O–H groups in total. The standard InChI is InChI=1S/C15H13N3O4/c19-9-12-2-1-11(7-17-6-5-16-10-17)18(12)8-13-3-4-14(22-13)15(20)21/h1-6,9-10H,7-8H2,(H,20,21). The summed E-state index contributed by atoms with van der Waals surface area (Å²) in [6.07, 6.45) is 5.96. The predicted molar refractivity (Wildman–Crippen MR) is 75.9 cm³/mol. The summed E-state index contributed by atoms with van der Waals surface area (Å²) in [6, 6.07) is 6.57. The maximum absolute atomic E-state index is 11.2. The molecule has 0 saturated heterocycles. The Morgan fingerprint density at radius 3 is 2.77 bits per heavy atom. The van der Waals surface area contributed by atoms with E-state index in [-0.39, 0.29) is 5.76 Å². The molecule has 0 aliphatic rings. The zero-order valence-corrected chi connectivity index (χ0v) is 11.5. The van der Waals surface area contributed by atoms with Gasteiger partial charge in [-0.2, -0.15) is 0 Å². The summed E-state index contributed by atoms with van der Waals surface area (Å²) < 4.78 is 8.92. The van der Waals surface area contributed by atoms with Gasteiger partial charge < -0.3 is 18.7 Å². The van der Waals surface area contributed by atoms with Crippen molar-refractivity contribution in [2.24, 2.45) is 0 Å². The number of aromatic nitrogens is 3. The van der Waals surface area contributed by atoms with Crippen LogP contribution in [0.25, 0.3) is 0 Å². The molecule has 0 aliphatic carbocycles. The minimum absolute atomic E-state index is 0.119. The number of hydrogen-bond donors (Lipinski definition) is 1. The Hall–Kier alpha value is -3.09. The molecule has 0 radical (unpaired) electrons. The second kappa shape index (κ2) is 5.72. The van der Waals surface area contributed by atoms with Gasteiger partial charge in [-0.1, -0.05) is 0 Å². The Morgan fingerprint density at radius 2 is 2.14 bits per heavy atom. The van der Waals surface area contributed by atoms with Crippen LogP contribution < -0.4 is 0 Å². The minimum atomic E-state index is -1.12. The first-order chi connectivity index (χ1) is 10.7. The molecule has 0 fully saturated rings. The Kier molecular flexibility index (Phi) is 3.61. The summed E-state index contributed by atoms with van der Waals surface area (Å²) >= 11 is 0. The SMILES string of the molecule is O=Cc1ccc(Cn2ccnc2)n1Cc1ccc(C(=O)O)o1. The fourth-order valence-electron chi connectivity index (χ4n) is 2.26. The number of carbonyl (C=O) groups is 2. The van der Waals surface area contributed by atoms with Crippen LogP contribution in [0.2, 0.25) is 0 Å². The van der Waals surface area contributed by atoms with Crippen LogP contribution in [-0.4, -0.2) is 31.5 Å². The lowest BCUT2D eigenvalue weighted by Gasteiger charge is -2.10. The van der Waals surface area contributed by atoms with E-state index in [4.69, 9.17) is 9.52 Å². The third-order valence-electron chi connectivity index (χ3n) is 3.32. The van der Waals surface area contributed by atoms with E-state index in [2.05, 4.69) is 4.98 Å². The van der Waals surface area contributed by atoms with Gasteiger partial charge in [0.2, 0.25) is 5.76 Å². The molecule has 0 aromatic carbocycles. The fourth-order valence-corrected chi connectivity index (χ4v) is 2.26. The molecule has 0 spiro atoms. The molecule has 0 bridgehead atoms. The molecule has 3 aromatic heterocycles. The van der Waals surface area contributed by atoms with Gasteiger partial charge in [-0.3, -0.25) is 4.79 Å². The largest absolute Gasteiger partial charge is 0.475 e. The van der Waals surface area contributed by atoms with Gasteiger partial charge in [0.25, 0.3) is 0 Å². The van der Waals surface area contributed by atoms with Crippen LogP contribution in [0.5, 0.6) is 0 Å². The monoisotopic (exact) mass is 299 g/mol. The minimum Gasteiger partial charge on any atom is -0.475 e. The van der Waals surface area contributed by atoms with Crippen LogP contribution >= 0.6 is 0 Å². The van der Waals surface area contributed by atoms with Gasteiger partial charge in [0.1, 0.15) is 5.76 Å². The van der Waals surface area contributed by atoms with Crippen LogP contribution in [0.4, 0.5) is 0 Å². The maximum Gasteiger partial charge on any atom is 0.371 e. The van der Waals surface area contributed by atoms with Crippen molar-refractivity contribution in [3.05, 3.63) is 65.9 Å². The van der Waals surface area contributed by atoms with Crippen molar-refractivity contribution in [3.63, 3.8) is 0 Å². The van der Waals surface area contributed by atoms with Crippen molar-refractivity contribution in [1.82, 2.24) is 14.1 Å². The number of carboxylic acid groups (broad SMARTS) is 1. The van der Waals surface area contributed by atoms with Gasteiger partial charge in [0.15, 0.2) is 6.29 Å². The van der Waals surface area contributed by atoms with E-state index in [0.717, 1.165) is 12.0 Å². The highest BCUT2D eigenvalue weighted by Crippen LogP contribution is 2.15. The molecule has 0 amide bonds. The smallest absolute Gasteiger partial charge is 0.371 e. The normalized spacial score (nSPS) is 10.7. The number of aldehydes is 1. The van der Waals surface area contributed by atoms with Crippen LogP contribution in [0.3, 0.4) is 0 Å². The first kappa shape index (κ1) is 13.9. The number of imidazole rings is 1. The van der Waals surface area contributed by atoms with Gasteiger partial charge in [0.05, 0.1) is 25.1 Å². The number of furan rings is 1. The van der Waals surface area contributed by atoms with Gasteiger partial charge in [0, 0.05) is 18.1 Å². The molecule has 112 valence electrons.